The van der Waals surface area contributed by atoms with Gasteiger partial charge in [0.25, 0.3) is 5.91 Å². The number of hydrogen-bond acceptors (Lipinski definition) is 3. The summed E-state index contributed by atoms with van der Waals surface area (Å²) in [4.78, 5) is 24.5. The number of aryl methyl sites for hydroxylation is 2. The van der Waals surface area contributed by atoms with Gasteiger partial charge in [-0.2, -0.15) is 0 Å². The summed E-state index contributed by atoms with van der Waals surface area (Å²) in [7, 11) is 0. The van der Waals surface area contributed by atoms with E-state index in [2.05, 4.69) is 5.32 Å². The van der Waals surface area contributed by atoms with Crippen LogP contribution in [0.5, 0.6) is 0 Å². The lowest BCUT2D eigenvalue weighted by atomic mass is 10.0. The number of carbonyl (C=O) groups is 2. The minimum Gasteiger partial charge on any atom is -0.449 e. The molecule has 0 saturated heterocycles. The van der Waals surface area contributed by atoms with E-state index in [0.717, 1.165) is 33.2 Å². The zero-order valence-electron chi connectivity index (χ0n) is 16.2. The summed E-state index contributed by atoms with van der Waals surface area (Å²) in [6.45, 7) is 5.43. The molecular weight excluding hydrogens is 350 g/mol. The van der Waals surface area contributed by atoms with E-state index in [1.165, 1.54) is 6.08 Å². The summed E-state index contributed by atoms with van der Waals surface area (Å²) >= 11 is 0. The molecule has 142 valence electrons. The fraction of sp³-hybridized carbons (Fsp3) is 0.167. The molecule has 0 fully saturated rings. The first-order valence-corrected chi connectivity index (χ1v) is 9.18. The number of esters is 1. The fourth-order valence-corrected chi connectivity index (χ4v) is 2.93. The number of ether oxygens (including phenoxy) is 1. The van der Waals surface area contributed by atoms with Gasteiger partial charge in [-0.15, -0.1) is 0 Å². The number of amides is 1. The average molecular weight is 373 g/mol. The standard InChI is InChI=1S/C24H23NO3/c1-16-11-12-17(2)22(15-16)25-24(27)18(3)28-23(26)14-13-20-9-6-8-19-7-4-5-10-21(19)20/h4-15,18H,1-3H3,(H,25,27)/b14-13+. The van der Waals surface area contributed by atoms with Gasteiger partial charge in [-0.3, -0.25) is 4.79 Å². The minimum atomic E-state index is -0.899. The quantitative estimate of drug-likeness (QED) is 0.503. The van der Waals surface area contributed by atoms with Crippen LogP contribution < -0.4 is 5.32 Å². The van der Waals surface area contributed by atoms with Gasteiger partial charge in [0.05, 0.1) is 0 Å². The molecule has 3 aromatic carbocycles. The molecule has 0 saturated carbocycles. The van der Waals surface area contributed by atoms with E-state index in [0.29, 0.717) is 0 Å². The monoisotopic (exact) mass is 373 g/mol. The first-order valence-electron chi connectivity index (χ1n) is 9.18. The lowest BCUT2D eigenvalue weighted by molar-refractivity contribution is -0.148. The van der Waals surface area contributed by atoms with E-state index < -0.39 is 12.1 Å². The number of anilines is 1. The van der Waals surface area contributed by atoms with Gasteiger partial charge in [0.1, 0.15) is 0 Å². The second-order valence-electron chi connectivity index (χ2n) is 6.79. The van der Waals surface area contributed by atoms with Gasteiger partial charge in [-0.05, 0) is 60.4 Å². The number of carbonyl (C=O) groups excluding carboxylic acids is 2. The maximum atomic E-state index is 12.3. The molecule has 28 heavy (non-hydrogen) atoms. The van der Waals surface area contributed by atoms with Crippen LogP contribution in [0, 0.1) is 13.8 Å². The van der Waals surface area contributed by atoms with Crippen molar-refractivity contribution in [2.75, 3.05) is 5.32 Å². The third-order valence-corrected chi connectivity index (χ3v) is 4.54. The molecule has 1 amide bonds. The van der Waals surface area contributed by atoms with E-state index in [1.807, 2.05) is 74.5 Å². The Morgan fingerprint density at radius 2 is 1.75 bits per heavy atom. The predicted octanol–water partition coefficient (Wildman–Crippen LogP) is 5.04. The van der Waals surface area contributed by atoms with Gasteiger partial charge in [-0.25, -0.2) is 4.79 Å². The molecule has 0 spiro atoms. The zero-order valence-corrected chi connectivity index (χ0v) is 16.2. The minimum absolute atomic E-state index is 0.361. The highest BCUT2D eigenvalue weighted by atomic mass is 16.5. The Bertz CT molecular complexity index is 1050. The summed E-state index contributed by atoms with van der Waals surface area (Å²) in [6, 6.07) is 19.6. The topological polar surface area (TPSA) is 55.4 Å². The van der Waals surface area contributed by atoms with Crippen LogP contribution in [0.4, 0.5) is 5.69 Å². The van der Waals surface area contributed by atoms with E-state index in [4.69, 9.17) is 4.74 Å². The van der Waals surface area contributed by atoms with Crippen molar-refractivity contribution in [2.24, 2.45) is 0 Å². The summed E-state index contributed by atoms with van der Waals surface area (Å²) in [5, 5.41) is 4.96. The molecular formula is C24H23NO3. The first-order chi connectivity index (χ1) is 13.4. The third-order valence-electron chi connectivity index (χ3n) is 4.54. The SMILES string of the molecule is Cc1ccc(C)c(NC(=O)C(C)OC(=O)/C=C/c2cccc3ccccc23)c1. The van der Waals surface area contributed by atoms with E-state index in [-0.39, 0.29) is 5.91 Å². The molecule has 0 aliphatic rings. The molecule has 0 radical (unpaired) electrons. The number of nitrogens with one attached hydrogen (secondary N) is 1. The highest BCUT2D eigenvalue weighted by molar-refractivity contribution is 5.98. The van der Waals surface area contributed by atoms with E-state index >= 15 is 0 Å². The van der Waals surface area contributed by atoms with Crippen LogP contribution in [-0.4, -0.2) is 18.0 Å². The Labute approximate surface area is 164 Å². The lowest BCUT2D eigenvalue weighted by Gasteiger charge is -2.14. The lowest BCUT2D eigenvalue weighted by Crippen LogP contribution is -2.29. The Hall–Kier alpha value is -3.40. The van der Waals surface area contributed by atoms with Crippen molar-refractivity contribution in [3.05, 3.63) is 83.4 Å². The summed E-state index contributed by atoms with van der Waals surface area (Å²) in [5.74, 6) is -0.919. The zero-order chi connectivity index (χ0) is 20.1. The number of fused-ring (bicyclic) bond motifs is 1. The van der Waals surface area contributed by atoms with Crippen LogP contribution >= 0.6 is 0 Å². The van der Waals surface area contributed by atoms with Crippen molar-refractivity contribution in [2.45, 2.75) is 26.9 Å². The second-order valence-corrected chi connectivity index (χ2v) is 6.79. The van der Waals surface area contributed by atoms with Crippen LogP contribution in [-0.2, 0) is 14.3 Å². The fourth-order valence-electron chi connectivity index (χ4n) is 2.93. The van der Waals surface area contributed by atoms with E-state index in [9.17, 15) is 9.59 Å². The van der Waals surface area contributed by atoms with Crippen LogP contribution in [0.15, 0.2) is 66.7 Å². The number of benzene rings is 3. The molecule has 0 heterocycles. The molecule has 4 nitrogen and oxygen atoms in total. The van der Waals surface area contributed by atoms with Crippen molar-refractivity contribution >= 4 is 34.4 Å². The van der Waals surface area contributed by atoms with Crippen molar-refractivity contribution in [1.29, 1.82) is 0 Å². The maximum Gasteiger partial charge on any atom is 0.331 e. The van der Waals surface area contributed by atoms with Gasteiger partial charge in [0.15, 0.2) is 6.10 Å². The van der Waals surface area contributed by atoms with Crippen LogP contribution in [0.3, 0.4) is 0 Å². The molecule has 3 rings (SSSR count). The predicted molar refractivity (Wildman–Crippen MR) is 113 cm³/mol. The molecule has 3 aromatic rings. The number of rotatable bonds is 5. The maximum absolute atomic E-state index is 12.3. The van der Waals surface area contributed by atoms with Crippen molar-refractivity contribution in [1.82, 2.24) is 0 Å². The summed E-state index contributed by atoms with van der Waals surface area (Å²) < 4.78 is 5.25. The van der Waals surface area contributed by atoms with Crippen molar-refractivity contribution < 1.29 is 14.3 Å². The molecule has 1 N–H and O–H groups in total. The largest absolute Gasteiger partial charge is 0.449 e. The molecule has 1 unspecified atom stereocenters. The van der Waals surface area contributed by atoms with Gasteiger partial charge in [-0.1, -0.05) is 54.6 Å². The molecule has 4 heteroatoms. The molecule has 0 bridgehead atoms. The molecule has 0 aliphatic carbocycles. The second kappa shape index (κ2) is 8.53. The van der Waals surface area contributed by atoms with Gasteiger partial charge in [0.2, 0.25) is 0 Å². The van der Waals surface area contributed by atoms with E-state index in [1.54, 1.807) is 13.0 Å². The van der Waals surface area contributed by atoms with Gasteiger partial charge >= 0.3 is 5.97 Å². The van der Waals surface area contributed by atoms with Crippen LogP contribution in [0.1, 0.15) is 23.6 Å². The Kier molecular flexibility index (Phi) is 5.90. The van der Waals surface area contributed by atoms with Crippen molar-refractivity contribution in [3.8, 4) is 0 Å². The van der Waals surface area contributed by atoms with Gasteiger partial charge in [0, 0.05) is 11.8 Å². The Morgan fingerprint density at radius 1 is 1.00 bits per heavy atom. The van der Waals surface area contributed by atoms with Crippen LogP contribution in [0.2, 0.25) is 0 Å². The highest BCUT2D eigenvalue weighted by Gasteiger charge is 2.17. The third kappa shape index (κ3) is 4.65. The molecule has 0 aromatic heterocycles. The highest BCUT2D eigenvalue weighted by Crippen LogP contribution is 2.20. The normalized spacial score (nSPS) is 12.1. The summed E-state index contributed by atoms with van der Waals surface area (Å²) in [5.41, 5.74) is 3.64. The Balaban J connectivity index is 1.64. The van der Waals surface area contributed by atoms with Crippen molar-refractivity contribution in [3.63, 3.8) is 0 Å². The smallest absolute Gasteiger partial charge is 0.331 e. The first kappa shape index (κ1) is 19.4. The average Bonchev–Trinajstić information content (AvgIpc) is 2.69. The molecule has 1 atom stereocenters. The Morgan fingerprint density at radius 3 is 2.57 bits per heavy atom. The molecule has 0 aliphatic heterocycles. The summed E-state index contributed by atoms with van der Waals surface area (Å²) in [6.07, 6.45) is 2.16. The van der Waals surface area contributed by atoms with Gasteiger partial charge < -0.3 is 10.1 Å². The number of hydrogen-bond donors (Lipinski definition) is 1. The van der Waals surface area contributed by atoms with Crippen LogP contribution in [0.25, 0.3) is 16.8 Å².